The Hall–Kier alpha value is -2.48. The Labute approximate surface area is 115 Å². The minimum Gasteiger partial charge on any atom is -0.323 e. The van der Waals surface area contributed by atoms with Crippen molar-refractivity contribution >= 4 is 23.4 Å². The molecule has 0 radical (unpaired) electrons. The number of hydrazine groups is 1. The number of hydrogen-bond donors (Lipinski definition) is 3. The third-order valence-electron chi connectivity index (χ3n) is 3.05. The number of carbonyl (C=O) groups excluding carboxylic acids is 3. The van der Waals surface area contributed by atoms with Crippen molar-refractivity contribution in [2.45, 2.75) is 19.4 Å². The molecular formula is C12H15N5O3. The number of nitrogens with two attached hydrogens (primary N) is 1. The Bertz CT molecular complexity index is 543. The van der Waals surface area contributed by atoms with Gasteiger partial charge in [-0.25, -0.2) is 4.98 Å². The molecule has 106 valence electrons. The number of nitrogen functional groups attached to an aromatic ring is 1. The molecule has 0 aromatic carbocycles. The molecule has 1 atom stereocenters. The van der Waals surface area contributed by atoms with Gasteiger partial charge in [0.1, 0.15) is 18.3 Å². The van der Waals surface area contributed by atoms with Gasteiger partial charge in [-0.05, 0) is 18.6 Å². The molecule has 0 bridgehead atoms. The predicted octanol–water partition coefficient (Wildman–Crippen LogP) is -0.756. The largest absolute Gasteiger partial charge is 0.323 e. The van der Waals surface area contributed by atoms with E-state index in [0.717, 1.165) is 0 Å². The highest BCUT2D eigenvalue weighted by Gasteiger charge is 2.36. The van der Waals surface area contributed by atoms with Gasteiger partial charge in [-0.1, -0.05) is 6.92 Å². The van der Waals surface area contributed by atoms with Gasteiger partial charge in [0.05, 0.1) is 11.9 Å². The van der Waals surface area contributed by atoms with Crippen LogP contribution in [0.15, 0.2) is 18.3 Å². The van der Waals surface area contributed by atoms with E-state index in [-0.39, 0.29) is 12.2 Å². The Morgan fingerprint density at radius 3 is 2.85 bits per heavy atom. The average molecular weight is 277 g/mol. The van der Waals surface area contributed by atoms with Crippen molar-refractivity contribution in [1.82, 2.24) is 15.2 Å². The predicted molar refractivity (Wildman–Crippen MR) is 70.3 cm³/mol. The van der Waals surface area contributed by atoms with Crippen molar-refractivity contribution in [1.29, 1.82) is 0 Å². The normalized spacial score (nSPS) is 18.7. The summed E-state index contributed by atoms with van der Waals surface area (Å²) in [5.74, 6) is 3.81. The van der Waals surface area contributed by atoms with Crippen LogP contribution in [0.25, 0.3) is 0 Å². The van der Waals surface area contributed by atoms with Gasteiger partial charge >= 0.3 is 0 Å². The number of anilines is 1. The summed E-state index contributed by atoms with van der Waals surface area (Å²) in [6.45, 7) is 1.62. The van der Waals surface area contributed by atoms with Crippen molar-refractivity contribution in [3.63, 3.8) is 0 Å². The molecule has 1 fully saturated rings. The van der Waals surface area contributed by atoms with Crippen LogP contribution in [0.5, 0.6) is 0 Å². The summed E-state index contributed by atoms with van der Waals surface area (Å²) in [6.07, 6.45) is 1.83. The number of rotatable bonds is 3. The fourth-order valence-corrected chi connectivity index (χ4v) is 2.04. The summed E-state index contributed by atoms with van der Waals surface area (Å²) in [5, 5.41) is 2.22. The summed E-state index contributed by atoms with van der Waals surface area (Å²) >= 11 is 0. The zero-order valence-corrected chi connectivity index (χ0v) is 10.9. The van der Waals surface area contributed by atoms with Crippen LogP contribution in [0.2, 0.25) is 0 Å². The molecule has 2 heterocycles. The van der Waals surface area contributed by atoms with Gasteiger partial charge < -0.3 is 10.3 Å². The molecule has 1 aliphatic rings. The molecule has 0 spiro atoms. The Kier molecular flexibility index (Phi) is 3.94. The van der Waals surface area contributed by atoms with E-state index in [2.05, 4.69) is 15.7 Å². The molecule has 2 rings (SSSR count). The SMILES string of the molecule is CCC1C(=O)NC(=O)CN1C(=O)c1ccc(NN)cn1. The smallest absolute Gasteiger partial charge is 0.273 e. The van der Waals surface area contributed by atoms with E-state index in [1.165, 1.54) is 17.2 Å². The maximum Gasteiger partial charge on any atom is 0.273 e. The molecule has 0 saturated carbocycles. The minimum atomic E-state index is -0.658. The highest BCUT2D eigenvalue weighted by atomic mass is 16.2. The van der Waals surface area contributed by atoms with Crippen LogP contribution < -0.4 is 16.6 Å². The maximum absolute atomic E-state index is 12.3. The third kappa shape index (κ3) is 2.59. The van der Waals surface area contributed by atoms with E-state index in [4.69, 9.17) is 5.84 Å². The number of imide groups is 1. The fourth-order valence-electron chi connectivity index (χ4n) is 2.04. The lowest BCUT2D eigenvalue weighted by molar-refractivity contribution is -0.138. The number of pyridine rings is 1. The van der Waals surface area contributed by atoms with E-state index < -0.39 is 23.8 Å². The van der Waals surface area contributed by atoms with Gasteiger partial charge in [0, 0.05) is 0 Å². The summed E-state index contributed by atoms with van der Waals surface area (Å²) in [4.78, 5) is 40.7. The molecule has 1 saturated heterocycles. The average Bonchev–Trinajstić information content (AvgIpc) is 2.46. The Morgan fingerprint density at radius 2 is 2.30 bits per heavy atom. The third-order valence-corrected chi connectivity index (χ3v) is 3.05. The summed E-state index contributed by atoms with van der Waals surface area (Å²) < 4.78 is 0. The van der Waals surface area contributed by atoms with Crippen LogP contribution in [0.3, 0.4) is 0 Å². The molecule has 1 aromatic rings. The standard InChI is InChI=1S/C12H15N5O3/c1-2-9-11(19)15-10(18)6-17(9)12(20)8-4-3-7(16-13)5-14-8/h3-5,9,16H,2,6,13H2,1H3,(H,15,18,19). The molecule has 4 N–H and O–H groups in total. The second-order valence-electron chi connectivity index (χ2n) is 4.35. The van der Waals surface area contributed by atoms with Crippen molar-refractivity contribution < 1.29 is 14.4 Å². The summed E-state index contributed by atoms with van der Waals surface area (Å²) in [5.41, 5.74) is 3.11. The lowest BCUT2D eigenvalue weighted by Crippen LogP contribution is -2.59. The van der Waals surface area contributed by atoms with Gasteiger partial charge in [-0.2, -0.15) is 0 Å². The van der Waals surface area contributed by atoms with Crippen LogP contribution in [-0.4, -0.2) is 40.2 Å². The summed E-state index contributed by atoms with van der Waals surface area (Å²) in [6, 6.07) is 2.42. The van der Waals surface area contributed by atoms with E-state index in [9.17, 15) is 14.4 Å². The van der Waals surface area contributed by atoms with Crippen LogP contribution in [0.4, 0.5) is 5.69 Å². The highest BCUT2D eigenvalue weighted by Crippen LogP contribution is 2.14. The molecule has 0 aliphatic carbocycles. The topological polar surface area (TPSA) is 117 Å². The van der Waals surface area contributed by atoms with E-state index in [1.54, 1.807) is 13.0 Å². The van der Waals surface area contributed by atoms with Crippen LogP contribution in [0.1, 0.15) is 23.8 Å². The first-order valence-electron chi connectivity index (χ1n) is 6.14. The Morgan fingerprint density at radius 1 is 1.55 bits per heavy atom. The van der Waals surface area contributed by atoms with Gasteiger partial charge in [-0.3, -0.25) is 25.5 Å². The highest BCUT2D eigenvalue weighted by molar-refractivity contribution is 6.06. The molecule has 1 aromatic heterocycles. The quantitative estimate of drug-likeness (QED) is 0.380. The number of piperazine rings is 1. The number of nitrogens with zero attached hydrogens (tertiary/aromatic N) is 2. The van der Waals surface area contributed by atoms with E-state index >= 15 is 0 Å². The van der Waals surface area contributed by atoms with Crippen molar-refractivity contribution in [2.24, 2.45) is 5.84 Å². The van der Waals surface area contributed by atoms with Crippen LogP contribution in [0, 0.1) is 0 Å². The molecule has 8 nitrogen and oxygen atoms in total. The molecule has 1 unspecified atom stereocenters. The number of hydrogen-bond acceptors (Lipinski definition) is 6. The first kappa shape index (κ1) is 13.9. The van der Waals surface area contributed by atoms with E-state index in [0.29, 0.717) is 12.1 Å². The lowest BCUT2D eigenvalue weighted by Gasteiger charge is -2.33. The van der Waals surface area contributed by atoms with E-state index in [1.807, 2.05) is 0 Å². The minimum absolute atomic E-state index is 0.151. The van der Waals surface area contributed by atoms with Gasteiger partial charge in [0.15, 0.2) is 0 Å². The van der Waals surface area contributed by atoms with Crippen molar-refractivity contribution in [2.75, 3.05) is 12.0 Å². The number of amides is 3. The molecular weight excluding hydrogens is 262 g/mol. The van der Waals surface area contributed by atoms with Crippen LogP contribution in [-0.2, 0) is 9.59 Å². The Balaban J connectivity index is 2.24. The number of carbonyl (C=O) groups is 3. The van der Waals surface area contributed by atoms with Crippen molar-refractivity contribution in [3.05, 3.63) is 24.0 Å². The second-order valence-corrected chi connectivity index (χ2v) is 4.35. The maximum atomic E-state index is 12.3. The monoisotopic (exact) mass is 277 g/mol. The fraction of sp³-hybridized carbons (Fsp3) is 0.333. The lowest BCUT2D eigenvalue weighted by atomic mass is 10.1. The molecule has 20 heavy (non-hydrogen) atoms. The summed E-state index contributed by atoms with van der Waals surface area (Å²) in [7, 11) is 0. The number of nitrogens with one attached hydrogen (secondary N) is 2. The molecule has 8 heteroatoms. The zero-order valence-electron chi connectivity index (χ0n) is 10.9. The zero-order chi connectivity index (χ0) is 14.7. The molecule has 3 amide bonds. The second kappa shape index (κ2) is 5.66. The van der Waals surface area contributed by atoms with Gasteiger partial charge in [0.2, 0.25) is 11.8 Å². The number of aromatic nitrogens is 1. The first-order chi connectivity index (χ1) is 9.56. The molecule has 1 aliphatic heterocycles. The van der Waals surface area contributed by atoms with Gasteiger partial charge in [-0.15, -0.1) is 0 Å². The van der Waals surface area contributed by atoms with Crippen molar-refractivity contribution in [3.8, 4) is 0 Å². The van der Waals surface area contributed by atoms with Gasteiger partial charge in [0.25, 0.3) is 5.91 Å². The first-order valence-corrected chi connectivity index (χ1v) is 6.14. The van der Waals surface area contributed by atoms with Crippen LogP contribution >= 0.6 is 0 Å².